The van der Waals surface area contributed by atoms with Crippen molar-refractivity contribution in [3.63, 3.8) is 0 Å². The number of hydrogen-bond acceptors (Lipinski definition) is 17. The van der Waals surface area contributed by atoms with Gasteiger partial charge >= 0.3 is 17.9 Å². The predicted molar refractivity (Wildman–Crippen MR) is 284 cm³/mol. The van der Waals surface area contributed by atoms with Crippen molar-refractivity contribution in [2.24, 2.45) is 23.3 Å². The molecular weight excluding hydrogens is 1060 g/mol. The molecule has 30 heteroatoms. The van der Waals surface area contributed by atoms with E-state index in [0.717, 1.165) is 0 Å². The van der Waals surface area contributed by atoms with Crippen molar-refractivity contribution in [1.82, 2.24) is 52.3 Å². The molecule has 79 heavy (non-hydrogen) atoms. The third-order valence-corrected chi connectivity index (χ3v) is 13.5. The van der Waals surface area contributed by atoms with Crippen LogP contribution in [0.15, 0.2) is 0 Å². The number of nitrogens with one attached hydrogen (secondary N) is 8. The van der Waals surface area contributed by atoms with Gasteiger partial charge in [0.05, 0.1) is 32.2 Å². The van der Waals surface area contributed by atoms with Crippen molar-refractivity contribution >= 4 is 88.7 Å². The van der Waals surface area contributed by atoms with Crippen LogP contribution in [0.3, 0.4) is 0 Å². The summed E-state index contributed by atoms with van der Waals surface area (Å²) >= 11 is 1.34. The van der Waals surface area contributed by atoms with Gasteiger partial charge < -0.3 is 84.2 Å². The Labute approximate surface area is 462 Å². The van der Waals surface area contributed by atoms with Gasteiger partial charge in [0.25, 0.3) is 0 Å². The number of rotatable bonds is 36. The van der Waals surface area contributed by atoms with Gasteiger partial charge in [0, 0.05) is 19.5 Å². The Kier molecular flexibility index (Phi) is 30.4. The average molecular weight is 1140 g/mol. The lowest BCUT2D eigenvalue weighted by molar-refractivity contribution is -0.148. The summed E-state index contributed by atoms with van der Waals surface area (Å²) in [5.74, 6) is -12.3. The van der Waals surface area contributed by atoms with Gasteiger partial charge in [-0.15, -0.1) is 0 Å². The number of hydrogen-bond donors (Lipinski definition) is 14. The topological polar surface area (TPSA) is 458 Å². The molecule has 446 valence electrons. The number of nitrogens with two attached hydrogens (primary N) is 2. The molecule has 0 aromatic heterocycles. The monoisotopic (exact) mass is 1140 g/mol. The SMILES string of the molecule is CSCC[C@H](NC(=O)[C@H](CC(C)C)NC(=O)[C@H](CC(C)C)NC(=O)[C@H](CCC(=O)O)NC(=O)[C@@H](N)CC(=O)O)C(=O)N[C@@H](CCCCN)C(=O)N[C@@H](CO)C(=O)NCC(=O)N1CCC[C@H]1C(=O)NCC(=O)N1CCC[C@H]1C(=O)O. The summed E-state index contributed by atoms with van der Waals surface area (Å²) in [6.45, 7) is 5.52. The number of likely N-dealkylation sites (tertiary alicyclic amines) is 2. The number of nitrogens with zero attached hydrogens (tertiary/aromatic N) is 2. The zero-order valence-corrected chi connectivity index (χ0v) is 46.4. The summed E-state index contributed by atoms with van der Waals surface area (Å²) in [7, 11) is 0. The Morgan fingerprint density at radius 1 is 0.557 bits per heavy atom. The molecule has 0 unspecified atom stereocenters. The van der Waals surface area contributed by atoms with Crippen LogP contribution in [0, 0.1) is 11.8 Å². The standard InChI is InChI=1S/C49H82N12O17S/c1-26(2)20-32(58-47(75)33(21-27(3)4)57-44(72)30(13-14-39(65)66)54-41(69)28(51)22-40(67)68)46(74)56-31(15-19-79-5)45(73)55-29(10-6-7-16-50)43(71)59-34(25-62)42(70)52-23-37(63)60-17-8-11-35(60)48(76)53-24-38(64)61-18-9-12-36(61)49(77)78/h26-36,62H,6-25,50-51H2,1-5H3,(H,52,70)(H,53,76)(H,54,69)(H,55,73)(H,56,74)(H,57,72)(H,58,75)(H,59,71)(H,65,66)(H,67,68)(H,77,78)/t28-,29-,30-,31-,32-,33-,34-,35-,36-/m0/s1. The first-order valence-electron chi connectivity index (χ1n) is 26.4. The number of carbonyl (C=O) groups excluding carboxylic acids is 10. The van der Waals surface area contributed by atoms with Crippen LogP contribution >= 0.6 is 11.8 Å². The van der Waals surface area contributed by atoms with Gasteiger partial charge in [-0.3, -0.25) is 57.5 Å². The van der Waals surface area contributed by atoms with Crippen molar-refractivity contribution in [1.29, 1.82) is 0 Å². The van der Waals surface area contributed by atoms with E-state index in [1.54, 1.807) is 34.0 Å². The predicted octanol–water partition coefficient (Wildman–Crippen LogP) is -4.17. The third-order valence-electron chi connectivity index (χ3n) is 12.9. The molecule has 0 aromatic carbocycles. The molecule has 0 aromatic rings. The highest BCUT2D eigenvalue weighted by atomic mass is 32.2. The second-order valence-electron chi connectivity index (χ2n) is 20.3. The normalized spacial score (nSPS) is 17.7. The van der Waals surface area contributed by atoms with E-state index in [9.17, 15) is 77.6 Å². The van der Waals surface area contributed by atoms with Crippen LogP contribution in [0.25, 0.3) is 0 Å². The number of aliphatic hydroxyl groups excluding tert-OH is 1. The first-order chi connectivity index (χ1) is 37.2. The molecule has 0 radical (unpaired) electrons. The van der Waals surface area contributed by atoms with Crippen molar-refractivity contribution < 1.29 is 82.8 Å². The fraction of sp³-hybridized carbons (Fsp3) is 0.735. The van der Waals surface area contributed by atoms with Crippen molar-refractivity contribution in [2.75, 3.05) is 51.3 Å². The first-order valence-corrected chi connectivity index (χ1v) is 27.8. The molecule has 0 bridgehead atoms. The summed E-state index contributed by atoms with van der Waals surface area (Å²) in [6, 6.07) is -12.1. The minimum Gasteiger partial charge on any atom is -0.481 e. The van der Waals surface area contributed by atoms with Crippen LogP contribution in [-0.4, -0.2) is 213 Å². The zero-order chi connectivity index (χ0) is 59.5. The molecule has 2 heterocycles. The van der Waals surface area contributed by atoms with E-state index in [-0.39, 0.29) is 70.0 Å². The molecule has 2 saturated heterocycles. The van der Waals surface area contributed by atoms with Crippen LogP contribution in [-0.2, 0) is 62.3 Å². The zero-order valence-electron chi connectivity index (χ0n) is 45.5. The van der Waals surface area contributed by atoms with E-state index in [2.05, 4.69) is 42.5 Å². The van der Waals surface area contributed by atoms with Gasteiger partial charge in [0.1, 0.15) is 48.3 Å². The van der Waals surface area contributed by atoms with Crippen molar-refractivity contribution in [3.8, 4) is 0 Å². The van der Waals surface area contributed by atoms with Gasteiger partial charge in [-0.2, -0.15) is 11.8 Å². The van der Waals surface area contributed by atoms with E-state index >= 15 is 0 Å². The lowest BCUT2D eigenvalue weighted by Crippen LogP contribution is -2.60. The Morgan fingerprint density at radius 2 is 1.00 bits per heavy atom. The van der Waals surface area contributed by atoms with Crippen LogP contribution in [0.5, 0.6) is 0 Å². The molecule has 29 nitrogen and oxygen atoms in total. The molecule has 2 aliphatic rings. The van der Waals surface area contributed by atoms with Crippen LogP contribution < -0.4 is 54.0 Å². The Hall–Kier alpha value is -6.66. The van der Waals surface area contributed by atoms with Gasteiger partial charge in [-0.25, -0.2) is 4.79 Å². The minimum absolute atomic E-state index is 0.000695. The highest BCUT2D eigenvalue weighted by Gasteiger charge is 2.38. The molecule has 10 amide bonds. The number of aliphatic hydroxyl groups is 1. The lowest BCUT2D eigenvalue weighted by Gasteiger charge is -2.28. The number of carbonyl (C=O) groups is 13. The van der Waals surface area contributed by atoms with Gasteiger partial charge in [0.2, 0.25) is 59.1 Å². The Balaban J connectivity index is 2.22. The highest BCUT2D eigenvalue weighted by Crippen LogP contribution is 2.20. The Bertz CT molecular complexity index is 2150. The highest BCUT2D eigenvalue weighted by molar-refractivity contribution is 7.98. The lowest BCUT2D eigenvalue weighted by atomic mass is 9.99. The molecule has 2 rings (SSSR count). The summed E-state index contributed by atoms with van der Waals surface area (Å²) in [4.78, 5) is 171. The molecule has 9 atom stereocenters. The Morgan fingerprint density at radius 3 is 1.47 bits per heavy atom. The maximum Gasteiger partial charge on any atom is 0.326 e. The van der Waals surface area contributed by atoms with Crippen molar-refractivity contribution in [3.05, 3.63) is 0 Å². The molecular formula is C49H82N12O17S. The molecule has 16 N–H and O–H groups in total. The maximum absolute atomic E-state index is 14.1. The number of carboxylic acids is 3. The van der Waals surface area contributed by atoms with E-state index in [1.165, 1.54) is 21.6 Å². The van der Waals surface area contributed by atoms with Crippen LogP contribution in [0.1, 0.15) is 111 Å². The molecule has 2 fully saturated rings. The van der Waals surface area contributed by atoms with Crippen LogP contribution in [0.2, 0.25) is 0 Å². The van der Waals surface area contributed by atoms with Crippen molar-refractivity contribution in [2.45, 2.75) is 166 Å². The second-order valence-corrected chi connectivity index (χ2v) is 21.3. The smallest absolute Gasteiger partial charge is 0.326 e. The van der Waals surface area contributed by atoms with E-state index < -0.39 is 170 Å². The van der Waals surface area contributed by atoms with E-state index in [4.69, 9.17) is 16.6 Å². The number of thioether (sulfide) groups is 1. The largest absolute Gasteiger partial charge is 0.481 e. The molecule has 0 saturated carbocycles. The van der Waals surface area contributed by atoms with E-state index in [0.29, 0.717) is 31.4 Å². The fourth-order valence-electron chi connectivity index (χ4n) is 8.75. The summed E-state index contributed by atoms with van der Waals surface area (Å²) in [6.07, 6.45) is 2.13. The van der Waals surface area contributed by atoms with E-state index in [1.807, 2.05) is 0 Å². The number of unbranched alkanes of at least 4 members (excludes halogenated alkanes) is 1. The first kappa shape index (κ1) is 68.4. The molecule has 0 aliphatic carbocycles. The minimum atomic E-state index is -1.63. The fourth-order valence-corrected chi connectivity index (χ4v) is 9.22. The summed E-state index contributed by atoms with van der Waals surface area (Å²) in [5.41, 5.74) is 11.4. The quantitative estimate of drug-likeness (QED) is 0.0265. The number of carboxylic acid groups (broad SMARTS) is 3. The second kappa shape index (κ2) is 35.1. The maximum atomic E-state index is 14.1. The van der Waals surface area contributed by atoms with Gasteiger partial charge in [-0.1, -0.05) is 27.7 Å². The summed E-state index contributed by atoms with van der Waals surface area (Å²) < 4.78 is 0. The third kappa shape index (κ3) is 24.1. The van der Waals surface area contributed by atoms with Crippen LogP contribution in [0.4, 0.5) is 0 Å². The van der Waals surface area contributed by atoms with Gasteiger partial charge in [0.15, 0.2) is 0 Å². The number of amides is 10. The average Bonchev–Trinajstić information content (AvgIpc) is 4.10. The van der Waals surface area contributed by atoms with Gasteiger partial charge in [-0.05, 0) is 101 Å². The molecule has 2 aliphatic heterocycles. The number of aliphatic carboxylic acids is 3. The molecule has 0 spiro atoms. The summed E-state index contributed by atoms with van der Waals surface area (Å²) in [5, 5.41) is 57.9.